The van der Waals surface area contributed by atoms with Gasteiger partial charge in [-0.25, -0.2) is 0 Å². The average molecular weight is 457 g/mol. The van der Waals surface area contributed by atoms with Gasteiger partial charge < -0.3 is 14.6 Å². The first-order valence-corrected chi connectivity index (χ1v) is 10.2. The number of aromatic nitrogens is 3. The van der Waals surface area contributed by atoms with Gasteiger partial charge in [0.1, 0.15) is 18.1 Å². The lowest BCUT2D eigenvalue weighted by atomic mass is 10.2. The summed E-state index contributed by atoms with van der Waals surface area (Å²) in [6.07, 6.45) is 1.74. The van der Waals surface area contributed by atoms with Crippen molar-refractivity contribution in [2.45, 2.75) is 20.1 Å². The van der Waals surface area contributed by atoms with Gasteiger partial charge in [0.2, 0.25) is 0 Å². The molecule has 0 radical (unpaired) electrons. The fraction of sp³-hybridized carbons (Fsp3) is 0.136. The smallest absolute Gasteiger partial charge is 0.279 e. The molecular formula is C22H18Cl2N4O3. The van der Waals surface area contributed by atoms with Crippen molar-refractivity contribution in [1.82, 2.24) is 14.9 Å². The maximum atomic E-state index is 12.7. The predicted octanol–water partition coefficient (Wildman–Crippen LogP) is 5.37. The van der Waals surface area contributed by atoms with Crippen LogP contribution >= 0.6 is 23.2 Å². The number of nitrogens with zero attached hydrogens (tertiary/aromatic N) is 3. The Morgan fingerprint density at radius 3 is 2.74 bits per heavy atom. The van der Waals surface area contributed by atoms with Crippen LogP contribution in [0.3, 0.4) is 0 Å². The van der Waals surface area contributed by atoms with Gasteiger partial charge >= 0.3 is 0 Å². The minimum absolute atomic E-state index is 0.156. The number of hydrogen-bond acceptors (Lipinski definition) is 5. The lowest BCUT2D eigenvalue weighted by molar-refractivity contribution is 0.101. The number of benzene rings is 2. The molecule has 0 saturated carbocycles. The third-order valence-electron chi connectivity index (χ3n) is 4.56. The molecule has 2 heterocycles. The fourth-order valence-corrected chi connectivity index (χ4v) is 3.40. The Balaban J connectivity index is 1.43. The van der Waals surface area contributed by atoms with E-state index in [2.05, 4.69) is 15.6 Å². The van der Waals surface area contributed by atoms with Gasteiger partial charge in [0.15, 0.2) is 11.5 Å². The van der Waals surface area contributed by atoms with Gasteiger partial charge in [-0.1, -0.05) is 52.6 Å². The second-order valence-electron chi connectivity index (χ2n) is 6.76. The molecule has 0 aliphatic rings. The Hall–Kier alpha value is -3.29. The third kappa shape index (κ3) is 5.07. The fourth-order valence-electron chi connectivity index (χ4n) is 2.93. The number of rotatable bonds is 7. The van der Waals surface area contributed by atoms with E-state index >= 15 is 0 Å². The van der Waals surface area contributed by atoms with Crippen LogP contribution in [0, 0.1) is 6.92 Å². The molecule has 158 valence electrons. The number of hydrogen-bond donors (Lipinski definition) is 1. The first-order chi connectivity index (χ1) is 15.0. The Kier molecular flexibility index (Phi) is 6.25. The summed E-state index contributed by atoms with van der Waals surface area (Å²) in [5, 5.41) is 12.1. The van der Waals surface area contributed by atoms with Gasteiger partial charge in [0, 0.05) is 22.3 Å². The highest BCUT2D eigenvalue weighted by Crippen LogP contribution is 2.22. The zero-order valence-corrected chi connectivity index (χ0v) is 18.0. The second kappa shape index (κ2) is 9.24. The van der Waals surface area contributed by atoms with E-state index in [-0.39, 0.29) is 12.3 Å². The van der Waals surface area contributed by atoms with Crippen LogP contribution in [0.25, 0.3) is 0 Å². The van der Waals surface area contributed by atoms with Crippen molar-refractivity contribution in [3.8, 4) is 5.75 Å². The van der Waals surface area contributed by atoms with E-state index in [0.717, 1.165) is 5.56 Å². The van der Waals surface area contributed by atoms with Crippen molar-refractivity contribution in [3.05, 3.63) is 93.4 Å². The van der Waals surface area contributed by atoms with Gasteiger partial charge in [-0.3, -0.25) is 9.48 Å². The highest BCUT2D eigenvalue weighted by molar-refractivity contribution is 6.35. The molecule has 4 rings (SSSR count). The summed E-state index contributed by atoms with van der Waals surface area (Å²) in [7, 11) is 0. The van der Waals surface area contributed by atoms with Gasteiger partial charge in [-0.05, 0) is 36.8 Å². The van der Waals surface area contributed by atoms with Crippen LogP contribution in [0.4, 0.5) is 5.82 Å². The molecule has 9 heteroatoms. The monoisotopic (exact) mass is 456 g/mol. The van der Waals surface area contributed by atoms with Crippen molar-refractivity contribution in [2.75, 3.05) is 5.32 Å². The summed E-state index contributed by atoms with van der Waals surface area (Å²) >= 11 is 12.2. The van der Waals surface area contributed by atoms with Crippen LogP contribution in [0.1, 0.15) is 27.4 Å². The standard InChI is InChI=1S/C22H18Cl2N4O3/c1-14-18(13-30-17-5-3-2-4-6-17)21(27-31-14)22(29)25-20-9-10-28(26-20)12-15-7-8-16(23)11-19(15)24/h2-11H,12-13H2,1H3,(H,25,26,29). The summed E-state index contributed by atoms with van der Waals surface area (Å²) in [6, 6.07) is 16.3. The second-order valence-corrected chi connectivity index (χ2v) is 7.60. The maximum Gasteiger partial charge on any atom is 0.279 e. The Morgan fingerprint density at radius 2 is 1.97 bits per heavy atom. The van der Waals surface area contributed by atoms with Gasteiger partial charge in [0.05, 0.1) is 12.1 Å². The molecule has 31 heavy (non-hydrogen) atoms. The molecule has 0 saturated heterocycles. The van der Waals surface area contributed by atoms with E-state index in [4.69, 9.17) is 32.5 Å². The summed E-state index contributed by atoms with van der Waals surface area (Å²) in [5.74, 6) is 1.15. The molecule has 4 aromatic rings. The van der Waals surface area contributed by atoms with Crippen LogP contribution in [0.15, 0.2) is 65.3 Å². The molecule has 0 spiro atoms. The van der Waals surface area contributed by atoms with Crippen LogP contribution in [-0.4, -0.2) is 20.8 Å². The number of carbonyl (C=O) groups is 1. The minimum atomic E-state index is -0.432. The van der Waals surface area contributed by atoms with E-state index in [0.29, 0.717) is 39.5 Å². The van der Waals surface area contributed by atoms with Crippen molar-refractivity contribution in [2.24, 2.45) is 0 Å². The van der Waals surface area contributed by atoms with Gasteiger partial charge in [-0.2, -0.15) is 5.10 Å². The third-order valence-corrected chi connectivity index (χ3v) is 5.14. The molecule has 0 fully saturated rings. The van der Waals surface area contributed by atoms with Gasteiger partial charge in [-0.15, -0.1) is 0 Å². The number of ether oxygens (including phenoxy) is 1. The van der Waals surface area contributed by atoms with E-state index < -0.39 is 5.91 Å². The lowest BCUT2D eigenvalue weighted by Crippen LogP contribution is -2.16. The zero-order chi connectivity index (χ0) is 21.8. The summed E-state index contributed by atoms with van der Waals surface area (Å²) < 4.78 is 12.6. The number of aryl methyl sites for hydroxylation is 1. The van der Waals surface area contributed by atoms with Crippen LogP contribution in [0.5, 0.6) is 5.75 Å². The van der Waals surface area contributed by atoms with E-state index in [1.165, 1.54) is 0 Å². The SMILES string of the molecule is Cc1onc(C(=O)Nc2ccn(Cc3ccc(Cl)cc3Cl)n2)c1COc1ccccc1. The predicted molar refractivity (Wildman–Crippen MR) is 118 cm³/mol. The number of para-hydroxylation sites is 1. The number of nitrogens with one attached hydrogen (secondary N) is 1. The first-order valence-electron chi connectivity index (χ1n) is 9.41. The molecule has 2 aromatic carbocycles. The zero-order valence-electron chi connectivity index (χ0n) is 16.5. The van der Waals surface area contributed by atoms with E-state index in [1.807, 2.05) is 36.4 Å². The number of anilines is 1. The molecule has 2 aromatic heterocycles. The molecule has 0 aliphatic carbocycles. The Bertz CT molecular complexity index is 1200. The maximum absolute atomic E-state index is 12.7. The van der Waals surface area contributed by atoms with Crippen LogP contribution in [-0.2, 0) is 13.2 Å². The molecule has 1 amide bonds. The van der Waals surface area contributed by atoms with Crippen LogP contribution < -0.4 is 10.1 Å². The number of halogens is 2. The van der Waals surface area contributed by atoms with Crippen molar-refractivity contribution in [3.63, 3.8) is 0 Å². The molecule has 0 unspecified atom stereocenters. The summed E-state index contributed by atoms with van der Waals surface area (Å²) in [6.45, 7) is 2.33. The number of carbonyl (C=O) groups excluding carboxylic acids is 1. The molecule has 0 aliphatic heterocycles. The normalized spacial score (nSPS) is 10.8. The van der Waals surface area contributed by atoms with Gasteiger partial charge in [0.25, 0.3) is 5.91 Å². The van der Waals surface area contributed by atoms with E-state index in [9.17, 15) is 4.79 Å². The molecule has 0 bridgehead atoms. The van der Waals surface area contributed by atoms with E-state index in [1.54, 1.807) is 36.0 Å². The average Bonchev–Trinajstić information content (AvgIpc) is 3.35. The Labute approximate surface area is 188 Å². The Morgan fingerprint density at radius 1 is 1.16 bits per heavy atom. The lowest BCUT2D eigenvalue weighted by Gasteiger charge is -2.07. The largest absolute Gasteiger partial charge is 0.489 e. The summed E-state index contributed by atoms with van der Waals surface area (Å²) in [5.41, 5.74) is 1.59. The molecular weight excluding hydrogens is 439 g/mol. The molecule has 7 nitrogen and oxygen atoms in total. The first kappa shape index (κ1) is 21.0. The van der Waals surface area contributed by atoms with Crippen LogP contribution in [0.2, 0.25) is 10.0 Å². The summed E-state index contributed by atoms with van der Waals surface area (Å²) in [4.78, 5) is 12.7. The van der Waals surface area contributed by atoms with Crippen molar-refractivity contribution < 1.29 is 14.1 Å². The quantitative estimate of drug-likeness (QED) is 0.404. The highest BCUT2D eigenvalue weighted by atomic mass is 35.5. The molecule has 0 atom stereocenters. The topological polar surface area (TPSA) is 82.2 Å². The highest BCUT2D eigenvalue weighted by Gasteiger charge is 2.21. The minimum Gasteiger partial charge on any atom is -0.489 e. The molecule has 1 N–H and O–H groups in total. The number of amides is 1. The van der Waals surface area contributed by atoms with Crippen molar-refractivity contribution in [1.29, 1.82) is 0 Å². The van der Waals surface area contributed by atoms with Crippen molar-refractivity contribution >= 4 is 34.9 Å².